The topological polar surface area (TPSA) is 77.8 Å². The van der Waals surface area contributed by atoms with Crippen LogP contribution in [0.4, 0.5) is 5.95 Å². The molecule has 0 radical (unpaired) electrons. The van der Waals surface area contributed by atoms with Gasteiger partial charge in [-0.15, -0.1) is 0 Å². The smallest absolute Gasteiger partial charge is 0.219 e. The summed E-state index contributed by atoms with van der Waals surface area (Å²) in [5, 5.41) is 0. The molecule has 0 saturated heterocycles. The highest BCUT2D eigenvalue weighted by atomic mass is 15.0. The van der Waals surface area contributed by atoms with E-state index in [1.54, 1.807) is 12.4 Å². The van der Waals surface area contributed by atoms with Gasteiger partial charge in [0.15, 0.2) is 0 Å². The number of aromatic nitrogens is 2. The molecule has 100 valence electrons. The van der Waals surface area contributed by atoms with Crippen LogP contribution in [0.1, 0.15) is 26.3 Å². The molecule has 0 fully saturated rings. The molecule has 1 heterocycles. The highest BCUT2D eigenvalue weighted by Crippen LogP contribution is 2.28. The van der Waals surface area contributed by atoms with Gasteiger partial charge in [0.1, 0.15) is 0 Å². The lowest BCUT2D eigenvalue weighted by Crippen LogP contribution is -2.38. The predicted molar refractivity (Wildman–Crippen MR) is 78.3 cm³/mol. The predicted octanol–water partition coefficient (Wildman–Crippen LogP) is 2.56. The number of nitrogen functional groups attached to an aromatic ring is 1. The van der Waals surface area contributed by atoms with E-state index in [1.165, 1.54) is 0 Å². The lowest BCUT2D eigenvalue weighted by atomic mass is 9.82. The minimum Gasteiger partial charge on any atom is -0.368 e. The summed E-state index contributed by atoms with van der Waals surface area (Å²) in [7, 11) is 0. The van der Waals surface area contributed by atoms with E-state index in [9.17, 15) is 0 Å². The Morgan fingerprint density at radius 1 is 1.00 bits per heavy atom. The number of benzene rings is 1. The third-order valence-electron chi connectivity index (χ3n) is 3.71. The summed E-state index contributed by atoms with van der Waals surface area (Å²) >= 11 is 0. The molecule has 19 heavy (non-hydrogen) atoms. The number of nitrogens with zero attached hydrogens (tertiary/aromatic N) is 2. The Morgan fingerprint density at radius 2 is 1.53 bits per heavy atom. The first-order valence-electron chi connectivity index (χ1n) is 6.38. The van der Waals surface area contributed by atoms with E-state index in [1.807, 2.05) is 12.1 Å². The van der Waals surface area contributed by atoms with Gasteiger partial charge in [-0.3, -0.25) is 0 Å². The molecule has 1 aromatic carbocycles. The monoisotopic (exact) mass is 256 g/mol. The Balaban J connectivity index is 2.31. The number of anilines is 1. The highest BCUT2D eigenvalue weighted by Gasteiger charge is 2.24. The molecule has 4 N–H and O–H groups in total. The molecule has 0 saturated carbocycles. The van der Waals surface area contributed by atoms with Crippen LogP contribution in [0.2, 0.25) is 0 Å². The maximum absolute atomic E-state index is 6.35. The van der Waals surface area contributed by atoms with Crippen LogP contribution >= 0.6 is 0 Å². The van der Waals surface area contributed by atoms with Crippen molar-refractivity contribution in [3.05, 3.63) is 42.2 Å². The van der Waals surface area contributed by atoms with Gasteiger partial charge in [0.2, 0.25) is 5.95 Å². The van der Waals surface area contributed by atoms with Crippen molar-refractivity contribution in [2.75, 3.05) is 5.73 Å². The van der Waals surface area contributed by atoms with Gasteiger partial charge in [-0.1, -0.05) is 38.1 Å². The molecule has 1 atom stereocenters. The normalized spacial score (nSPS) is 14.4. The van der Waals surface area contributed by atoms with E-state index in [2.05, 4.69) is 42.9 Å². The molecule has 4 nitrogen and oxygen atoms in total. The Bertz CT molecular complexity index is 541. The van der Waals surface area contributed by atoms with Gasteiger partial charge in [-0.2, -0.15) is 0 Å². The van der Waals surface area contributed by atoms with E-state index in [0.29, 0.717) is 5.92 Å². The summed E-state index contributed by atoms with van der Waals surface area (Å²) in [5.74, 6) is 0.660. The second kappa shape index (κ2) is 4.97. The van der Waals surface area contributed by atoms with Crippen LogP contribution in [0, 0.1) is 5.92 Å². The van der Waals surface area contributed by atoms with Crippen molar-refractivity contribution in [1.29, 1.82) is 0 Å². The van der Waals surface area contributed by atoms with Crippen LogP contribution in [-0.2, 0) is 5.54 Å². The van der Waals surface area contributed by atoms with Crippen LogP contribution in [0.25, 0.3) is 11.1 Å². The summed E-state index contributed by atoms with van der Waals surface area (Å²) in [4.78, 5) is 7.99. The fourth-order valence-electron chi connectivity index (χ4n) is 1.84. The fourth-order valence-corrected chi connectivity index (χ4v) is 1.84. The Hall–Kier alpha value is -1.94. The fraction of sp³-hybridized carbons (Fsp3) is 0.333. The number of hydrogen-bond donors (Lipinski definition) is 2. The molecule has 1 aromatic heterocycles. The van der Waals surface area contributed by atoms with E-state index >= 15 is 0 Å². The molecule has 2 rings (SSSR count). The molecule has 0 aliphatic carbocycles. The van der Waals surface area contributed by atoms with Gasteiger partial charge in [0, 0.05) is 23.5 Å². The third kappa shape index (κ3) is 2.74. The van der Waals surface area contributed by atoms with Crippen molar-refractivity contribution >= 4 is 5.95 Å². The Morgan fingerprint density at radius 3 is 2.00 bits per heavy atom. The van der Waals surface area contributed by atoms with Crippen molar-refractivity contribution in [3.63, 3.8) is 0 Å². The quantitative estimate of drug-likeness (QED) is 0.884. The molecule has 1 unspecified atom stereocenters. The SMILES string of the molecule is CC(C)C(C)(N)c1ccc(-c2cnc(N)nc2)cc1. The molecule has 0 aliphatic rings. The molecule has 4 heteroatoms. The zero-order valence-electron chi connectivity index (χ0n) is 11.6. The van der Waals surface area contributed by atoms with Gasteiger partial charge in [-0.05, 0) is 24.0 Å². The van der Waals surface area contributed by atoms with Crippen molar-refractivity contribution in [2.45, 2.75) is 26.3 Å². The first-order chi connectivity index (χ1) is 8.91. The third-order valence-corrected chi connectivity index (χ3v) is 3.71. The number of rotatable bonds is 3. The van der Waals surface area contributed by atoms with Crippen LogP contribution in [-0.4, -0.2) is 9.97 Å². The minimum atomic E-state index is -0.323. The molecule has 0 amide bonds. The Kier molecular flexibility index (Phi) is 3.53. The van der Waals surface area contributed by atoms with Gasteiger partial charge in [-0.25, -0.2) is 9.97 Å². The highest BCUT2D eigenvalue weighted by molar-refractivity contribution is 5.62. The minimum absolute atomic E-state index is 0.287. The summed E-state index contributed by atoms with van der Waals surface area (Å²) < 4.78 is 0. The molecule has 0 spiro atoms. The first-order valence-corrected chi connectivity index (χ1v) is 6.38. The van der Waals surface area contributed by atoms with Gasteiger partial charge >= 0.3 is 0 Å². The molecular formula is C15H20N4. The lowest BCUT2D eigenvalue weighted by Gasteiger charge is -2.29. The van der Waals surface area contributed by atoms with Crippen LogP contribution in [0.3, 0.4) is 0 Å². The summed E-state index contributed by atoms with van der Waals surface area (Å²) in [6, 6.07) is 8.20. The lowest BCUT2D eigenvalue weighted by molar-refractivity contribution is 0.350. The number of hydrogen-bond acceptors (Lipinski definition) is 4. The zero-order valence-corrected chi connectivity index (χ0v) is 11.6. The van der Waals surface area contributed by atoms with Crippen LogP contribution < -0.4 is 11.5 Å². The average molecular weight is 256 g/mol. The molecular weight excluding hydrogens is 236 g/mol. The van der Waals surface area contributed by atoms with Gasteiger partial charge < -0.3 is 11.5 Å². The first kappa shape index (κ1) is 13.5. The van der Waals surface area contributed by atoms with Gasteiger partial charge in [0.25, 0.3) is 0 Å². The van der Waals surface area contributed by atoms with E-state index in [4.69, 9.17) is 11.5 Å². The van der Waals surface area contributed by atoms with E-state index in [0.717, 1.165) is 16.7 Å². The summed E-state index contributed by atoms with van der Waals surface area (Å²) in [5.41, 5.74) is 14.6. The van der Waals surface area contributed by atoms with E-state index in [-0.39, 0.29) is 11.5 Å². The van der Waals surface area contributed by atoms with Gasteiger partial charge in [0.05, 0.1) is 0 Å². The van der Waals surface area contributed by atoms with Crippen molar-refractivity contribution in [3.8, 4) is 11.1 Å². The zero-order chi connectivity index (χ0) is 14.0. The van der Waals surface area contributed by atoms with Crippen LogP contribution in [0.5, 0.6) is 0 Å². The Labute approximate surface area is 113 Å². The summed E-state index contributed by atoms with van der Waals surface area (Å²) in [6.07, 6.45) is 3.45. The summed E-state index contributed by atoms with van der Waals surface area (Å²) in [6.45, 7) is 6.31. The van der Waals surface area contributed by atoms with Crippen molar-refractivity contribution in [1.82, 2.24) is 9.97 Å². The maximum atomic E-state index is 6.35. The molecule has 0 aliphatic heterocycles. The standard InChI is InChI=1S/C15H20N4/c1-10(2)15(3,17)13-6-4-11(5-7-13)12-8-18-14(16)19-9-12/h4-10H,17H2,1-3H3,(H2,16,18,19). The second-order valence-corrected chi connectivity index (χ2v) is 5.34. The van der Waals surface area contributed by atoms with Crippen molar-refractivity contribution in [2.24, 2.45) is 11.7 Å². The molecule has 2 aromatic rings. The molecule has 0 bridgehead atoms. The van der Waals surface area contributed by atoms with Crippen molar-refractivity contribution < 1.29 is 0 Å². The average Bonchev–Trinajstić information content (AvgIpc) is 2.39. The largest absolute Gasteiger partial charge is 0.368 e. The number of nitrogens with two attached hydrogens (primary N) is 2. The second-order valence-electron chi connectivity index (χ2n) is 5.34. The maximum Gasteiger partial charge on any atom is 0.219 e. The van der Waals surface area contributed by atoms with Crippen LogP contribution in [0.15, 0.2) is 36.7 Å². The van der Waals surface area contributed by atoms with E-state index < -0.39 is 0 Å².